The van der Waals surface area contributed by atoms with Crippen molar-refractivity contribution in [3.05, 3.63) is 54.0 Å². The second-order valence-corrected chi connectivity index (χ2v) is 4.30. The number of hydrogen-bond acceptors (Lipinski definition) is 3. The number of anilines is 1. The number of benzene rings is 1. The van der Waals surface area contributed by atoms with Crippen molar-refractivity contribution in [2.45, 2.75) is 12.8 Å². The number of H-pyrrole nitrogens is 1. The van der Waals surface area contributed by atoms with Crippen LogP contribution in [0.15, 0.2) is 42.6 Å². The van der Waals surface area contributed by atoms with Crippen molar-refractivity contribution in [3.63, 3.8) is 0 Å². The summed E-state index contributed by atoms with van der Waals surface area (Å²) in [7, 11) is 0. The van der Waals surface area contributed by atoms with Crippen LogP contribution in [0.5, 0.6) is 0 Å². The van der Waals surface area contributed by atoms with Gasteiger partial charge in [-0.15, -0.1) is 0 Å². The molecule has 0 unspecified atom stereocenters. The van der Waals surface area contributed by atoms with E-state index in [1.807, 2.05) is 24.3 Å². The average Bonchev–Trinajstić information content (AvgIpc) is 2.81. The van der Waals surface area contributed by atoms with Gasteiger partial charge in [0.15, 0.2) is 5.65 Å². The van der Waals surface area contributed by atoms with Crippen molar-refractivity contribution in [2.75, 3.05) is 5.73 Å². The van der Waals surface area contributed by atoms with Gasteiger partial charge in [0, 0.05) is 18.3 Å². The molecule has 0 aliphatic heterocycles. The van der Waals surface area contributed by atoms with Crippen molar-refractivity contribution in [3.8, 4) is 0 Å². The summed E-state index contributed by atoms with van der Waals surface area (Å²) in [6.07, 6.45) is 3.58. The van der Waals surface area contributed by atoms with Gasteiger partial charge in [-0.05, 0) is 36.2 Å². The molecule has 3 aromatic rings. The molecule has 0 saturated heterocycles. The van der Waals surface area contributed by atoms with Crippen LogP contribution in [0, 0.1) is 0 Å². The molecule has 18 heavy (non-hydrogen) atoms. The van der Waals surface area contributed by atoms with E-state index in [1.54, 1.807) is 6.20 Å². The first-order valence-electron chi connectivity index (χ1n) is 5.95. The lowest BCUT2D eigenvalue weighted by atomic mass is 10.1. The van der Waals surface area contributed by atoms with Gasteiger partial charge in [-0.25, -0.2) is 9.97 Å². The minimum absolute atomic E-state index is 0.782. The number of hydrogen-bond donors (Lipinski definition) is 2. The highest BCUT2D eigenvalue weighted by atomic mass is 15.0. The molecule has 2 heterocycles. The summed E-state index contributed by atoms with van der Waals surface area (Å²) in [6.45, 7) is 0. The Hall–Kier alpha value is -2.36. The van der Waals surface area contributed by atoms with E-state index in [2.05, 4.69) is 27.1 Å². The van der Waals surface area contributed by atoms with Gasteiger partial charge in [0.2, 0.25) is 0 Å². The summed E-state index contributed by atoms with van der Waals surface area (Å²) >= 11 is 0. The molecule has 2 aromatic heterocycles. The molecule has 1 aromatic carbocycles. The molecule has 0 aliphatic rings. The Bertz CT molecular complexity index is 622. The fourth-order valence-corrected chi connectivity index (χ4v) is 1.96. The summed E-state index contributed by atoms with van der Waals surface area (Å²) in [6, 6.07) is 11.9. The normalized spacial score (nSPS) is 10.9. The molecule has 4 nitrogen and oxygen atoms in total. The topological polar surface area (TPSA) is 67.6 Å². The Labute approximate surface area is 105 Å². The minimum Gasteiger partial charge on any atom is -0.399 e. The molecule has 90 valence electrons. The molecule has 0 bridgehead atoms. The number of rotatable bonds is 3. The largest absolute Gasteiger partial charge is 0.399 e. The lowest BCUT2D eigenvalue weighted by Crippen LogP contribution is -1.94. The number of nitrogens with one attached hydrogen (secondary N) is 1. The van der Waals surface area contributed by atoms with Crippen LogP contribution < -0.4 is 5.73 Å². The quantitative estimate of drug-likeness (QED) is 0.688. The summed E-state index contributed by atoms with van der Waals surface area (Å²) in [5.74, 6) is 0.973. The highest BCUT2D eigenvalue weighted by Gasteiger charge is 2.03. The molecule has 3 rings (SSSR count). The fourth-order valence-electron chi connectivity index (χ4n) is 1.96. The molecular weight excluding hydrogens is 224 g/mol. The highest BCUT2D eigenvalue weighted by molar-refractivity contribution is 5.69. The van der Waals surface area contributed by atoms with Gasteiger partial charge in [0.1, 0.15) is 5.82 Å². The molecule has 3 N–H and O–H groups in total. The molecule has 0 fully saturated rings. The molecule has 0 aliphatic carbocycles. The highest BCUT2D eigenvalue weighted by Crippen LogP contribution is 2.11. The van der Waals surface area contributed by atoms with Crippen LogP contribution in [-0.4, -0.2) is 15.0 Å². The van der Waals surface area contributed by atoms with E-state index in [0.29, 0.717) is 0 Å². The van der Waals surface area contributed by atoms with Crippen LogP contribution in [0.4, 0.5) is 5.69 Å². The van der Waals surface area contributed by atoms with E-state index in [1.165, 1.54) is 5.56 Å². The lowest BCUT2D eigenvalue weighted by molar-refractivity contribution is 0.889. The summed E-state index contributed by atoms with van der Waals surface area (Å²) in [5.41, 5.74) is 9.49. The summed E-state index contributed by atoms with van der Waals surface area (Å²) in [4.78, 5) is 11.9. The van der Waals surface area contributed by atoms with Crippen molar-refractivity contribution in [1.29, 1.82) is 0 Å². The molecule has 0 radical (unpaired) electrons. The third-order valence-electron chi connectivity index (χ3n) is 2.94. The molecule has 4 heteroatoms. The van der Waals surface area contributed by atoms with E-state index in [0.717, 1.165) is 35.5 Å². The van der Waals surface area contributed by atoms with Crippen molar-refractivity contribution < 1.29 is 0 Å². The number of pyridine rings is 1. The van der Waals surface area contributed by atoms with E-state index < -0.39 is 0 Å². The monoisotopic (exact) mass is 238 g/mol. The van der Waals surface area contributed by atoms with Crippen LogP contribution in [0.2, 0.25) is 0 Å². The first-order valence-corrected chi connectivity index (χ1v) is 5.95. The predicted molar refractivity (Wildman–Crippen MR) is 72.2 cm³/mol. The van der Waals surface area contributed by atoms with Gasteiger partial charge in [0.05, 0.1) is 5.52 Å². The number of nitrogen functional groups attached to an aromatic ring is 1. The summed E-state index contributed by atoms with van der Waals surface area (Å²) < 4.78 is 0. The number of aromatic amines is 1. The standard InChI is InChI=1S/C14H14N4/c15-11-6-3-10(4-7-11)5-8-13-17-12-2-1-9-16-14(12)18-13/h1-4,6-7,9H,5,8,15H2,(H,16,17,18). The Morgan fingerprint density at radius 3 is 2.67 bits per heavy atom. The van der Waals surface area contributed by atoms with E-state index in [9.17, 15) is 0 Å². The van der Waals surface area contributed by atoms with Gasteiger partial charge in [0.25, 0.3) is 0 Å². The van der Waals surface area contributed by atoms with Crippen LogP contribution in [0.3, 0.4) is 0 Å². The maximum atomic E-state index is 5.66. The Kier molecular flexibility index (Phi) is 2.68. The molecular formula is C14H14N4. The SMILES string of the molecule is Nc1ccc(CCc2nc3ncccc3[nH]2)cc1. The predicted octanol–water partition coefficient (Wildman–Crippen LogP) is 2.33. The maximum Gasteiger partial charge on any atom is 0.177 e. The van der Waals surface area contributed by atoms with E-state index in [-0.39, 0.29) is 0 Å². The Morgan fingerprint density at radius 2 is 1.89 bits per heavy atom. The summed E-state index contributed by atoms with van der Waals surface area (Å²) in [5, 5.41) is 0. The lowest BCUT2D eigenvalue weighted by Gasteiger charge is -1.99. The van der Waals surface area contributed by atoms with Crippen LogP contribution in [0.25, 0.3) is 11.2 Å². The van der Waals surface area contributed by atoms with Crippen molar-refractivity contribution in [2.24, 2.45) is 0 Å². The van der Waals surface area contributed by atoms with Gasteiger partial charge in [-0.3, -0.25) is 0 Å². The molecule has 0 spiro atoms. The third-order valence-corrected chi connectivity index (χ3v) is 2.94. The zero-order valence-electron chi connectivity index (χ0n) is 9.93. The van der Waals surface area contributed by atoms with E-state index in [4.69, 9.17) is 5.73 Å². The smallest absolute Gasteiger partial charge is 0.177 e. The molecule has 0 atom stereocenters. The number of aromatic nitrogens is 3. The second kappa shape index (κ2) is 4.49. The second-order valence-electron chi connectivity index (χ2n) is 4.30. The third kappa shape index (κ3) is 2.18. The van der Waals surface area contributed by atoms with Crippen LogP contribution in [0.1, 0.15) is 11.4 Å². The van der Waals surface area contributed by atoms with Crippen molar-refractivity contribution in [1.82, 2.24) is 15.0 Å². The minimum atomic E-state index is 0.782. The Balaban J connectivity index is 1.74. The first-order chi connectivity index (χ1) is 8.81. The van der Waals surface area contributed by atoms with Crippen molar-refractivity contribution >= 4 is 16.9 Å². The Morgan fingerprint density at radius 1 is 1.06 bits per heavy atom. The average molecular weight is 238 g/mol. The number of imidazole rings is 1. The van der Waals surface area contributed by atoms with Gasteiger partial charge < -0.3 is 10.7 Å². The van der Waals surface area contributed by atoms with Crippen LogP contribution >= 0.6 is 0 Å². The zero-order chi connectivity index (χ0) is 12.4. The number of aryl methyl sites for hydroxylation is 2. The fraction of sp³-hybridized carbons (Fsp3) is 0.143. The molecule has 0 saturated carbocycles. The number of fused-ring (bicyclic) bond motifs is 1. The van der Waals surface area contributed by atoms with Gasteiger partial charge >= 0.3 is 0 Å². The van der Waals surface area contributed by atoms with Crippen LogP contribution in [-0.2, 0) is 12.8 Å². The van der Waals surface area contributed by atoms with E-state index >= 15 is 0 Å². The first kappa shape index (κ1) is 10.8. The van der Waals surface area contributed by atoms with Gasteiger partial charge in [-0.1, -0.05) is 12.1 Å². The number of nitrogens with two attached hydrogens (primary N) is 1. The maximum absolute atomic E-state index is 5.66. The van der Waals surface area contributed by atoms with Gasteiger partial charge in [-0.2, -0.15) is 0 Å². The molecule has 0 amide bonds. The zero-order valence-corrected chi connectivity index (χ0v) is 9.93. The number of nitrogens with zero attached hydrogens (tertiary/aromatic N) is 2.